The van der Waals surface area contributed by atoms with Gasteiger partial charge in [-0.2, -0.15) is 0 Å². The van der Waals surface area contributed by atoms with Crippen molar-refractivity contribution in [3.05, 3.63) is 30.1 Å². The molecule has 0 radical (unpaired) electrons. The number of ether oxygens (including phenoxy) is 2. The van der Waals surface area contributed by atoms with Gasteiger partial charge >= 0.3 is 0 Å². The van der Waals surface area contributed by atoms with E-state index in [1.165, 1.54) is 0 Å². The molecular weight excluding hydrogens is 334 g/mol. The number of nitrogens with zero attached hydrogens (tertiary/aromatic N) is 3. The average molecular weight is 359 g/mol. The maximum atomic E-state index is 12.7. The summed E-state index contributed by atoms with van der Waals surface area (Å²) in [5.41, 5.74) is 0.258. The van der Waals surface area contributed by atoms with Crippen molar-refractivity contribution < 1.29 is 19.1 Å². The minimum absolute atomic E-state index is 0.0328. The molecule has 3 aliphatic rings. The third-order valence-corrected chi connectivity index (χ3v) is 6.02. The van der Waals surface area contributed by atoms with E-state index in [0.717, 1.165) is 25.7 Å². The summed E-state index contributed by atoms with van der Waals surface area (Å²) in [5, 5.41) is 0. The van der Waals surface area contributed by atoms with Crippen molar-refractivity contribution in [2.45, 2.75) is 43.4 Å². The van der Waals surface area contributed by atoms with Crippen molar-refractivity contribution >= 4 is 11.8 Å². The van der Waals surface area contributed by atoms with E-state index in [4.69, 9.17) is 9.47 Å². The molecule has 0 aliphatic carbocycles. The van der Waals surface area contributed by atoms with Crippen LogP contribution in [0.25, 0.3) is 0 Å². The number of hydrogen-bond donors (Lipinski definition) is 0. The molecule has 0 bridgehead atoms. The van der Waals surface area contributed by atoms with E-state index in [0.29, 0.717) is 32.0 Å². The number of carbonyl (C=O) groups excluding carboxylic acids is 2. The van der Waals surface area contributed by atoms with E-state index in [1.807, 2.05) is 15.9 Å². The summed E-state index contributed by atoms with van der Waals surface area (Å²) < 4.78 is 11.0. The van der Waals surface area contributed by atoms with Crippen LogP contribution in [0, 0.1) is 0 Å². The number of amides is 2. The molecule has 26 heavy (non-hydrogen) atoms. The Morgan fingerprint density at radius 3 is 2.62 bits per heavy atom. The fraction of sp³-hybridized carbons (Fsp3) is 0.632. The van der Waals surface area contributed by atoms with Crippen molar-refractivity contribution in [3.63, 3.8) is 0 Å². The van der Waals surface area contributed by atoms with Crippen LogP contribution in [0.2, 0.25) is 0 Å². The Labute approximate surface area is 153 Å². The fourth-order valence-corrected chi connectivity index (χ4v) is 4.71. The Morgan fingerprint density at radius 2 is 2.00 bits per heavy atom. The van der Waals surface area contributed by atoms with Crippen molar-refractivity contribution in [1.29, 1.82) is 0 Å². The highest BCUT2D eigenvalue weighted by molar-refractivity contribution is 5.92. The molecule has 3 aliphatic heterocycles. The number of aromatic nitrogens is 1. The molecule has 2 amide bonds. The molecule has 1 aromatic heterocycles. The zero-order valence-electron chi connectivity index (χ0n) is 15.1. The minimum atomic E-state index is -0.348. The second-order valence-corrected chi connectivity index (χ2v) is 7.28. The van der Waals surface area contributed by atoms with E-state index in [-0.39, 0.29) is 29.5 Å². The van der Waals surface area contributed by atoms with Gasteiger partial charge in [-0.15, -0.1) is 0 Å². The highest BCUT2D eigenvalue weighted by Crippen LogP contribution is 2.45. The van der Waals surface area contributed by atoms with Crippen molar-refractivity contribution in [3.8, 4) is 0 Å². The predicted molar refractivity (Wildman–Crippen MR) is 93.6 cm³/mol. The Hall–Kier alpha value is -1.99. The molecule has 1 spiro atoms. The van der Waals surface area contributed by atoms with E-state index in [1.54, 1.807) is 25.4 Å². The predicted octanol–water partition coefficient (Wildman–Crippen LogP) is 1.09. The maximum Gasteiger partial charge on any atom is 0.272 e. The smallest absolute Gasteiger partial charge is 0.272 e. The molecule has 0 aromatic carbocycles. The Bertz CT molecular complexity index is 667. The van der Waals surface area contributed by atoms with E-state index < -0.39 is 0 Å². The van der Waals surface area contributed by atoms with Crippen LogP contribution in [0.5, 0.6) is 0 Å². The van der Waals surface area contributed by atoms with Gasteiger partial charge in [-0.05, 0) is 37.8 Å². The molecule has 7 nitrogen and oxygen atoms in total. The monoisotopic (exact) mass is 359 g/mol. The topological polar surface area (TPSA) is 72.0 Å². The summed E-state index contributed by atoms with van der Waals surface area (Å²) in [6.07, 6.45) is 4.53. The highest BCUT2D eigenvalue weighted by Gasteiger charge is 2.62. The van der Waals surface area contributed by atoms with Crippen LogP contribution in [-0.2, 0) is 14.3 Å². The summed E-state index contributed by atoms with van der Waals surface area (Å²) in [4.78, 5) is 33.3. The molecule has 1 unspecified atom stereocenters. The van der Waals surface area contributed by atoms with Gasteiger partial charge in [-0.25, -0.2) is 0 Å². The van der Waals surface area contributed by atoms with Gasteiger partial charge in [0.05, 0.1) is 5.54 Å². The summed E-state index contributed by atoms with van der Waals surface area (Å²) in [6.45, 7) is 2.63. The summed E-state index contributed by atoms with van der Waals surface area (Å²) >= 11 is 0. The average Bonchev–Trinajstić information content (AvgIpc) is 2.70. The lowest BCUT2D eigenvalue weighted by molar-refractivity contribution is -0.213. The molecule has 1 aromatic rings. The lowest BCUT2D eigenvalue weighted by Gasteiger charge is -2.61. The van der Waals surface area contributed by atoms with Gasteiger partial charge in [0, 0.05) is 45.7 Å². The largest absolute Gasteiger partial charge is 0.381 e. The molecule has 7 heteroatoms. The molecule has 3 saturated heterocycles. The minimum Gasteiger partial charge on any atom is -0.381 e. The molecule has 4 rings (SSSR count). The van der Waals surface area contributed by atoms with Gasteiger partial charge in [0.25, 0.3) is 11.8 Å². The van der Waals surface area contributed by atoms with Crippen molar-refractivity contribution in [2.24, 2.45) is 0 Å². The first kappa shape index (κ1) is 17.4. The zero-order valence-corrected chi connectivity index (χ0v) is 15.1. The first-order valence-electron chi connectivity index (χ1n) is 9.31. The lowest BCUT2D eigenvalue weighted by atomic mass is 9.72. The van der Waals surface area contributed by atoms with Gasteiger partial charge in [0.2, 0.25) is 0 Å². The zero-order chi connectivity index (χ0) is 18.1. The van der Waals surface area contributed by atoms with Crippen LogP contribution in [0.15, 0.2) is 24.4 Å². The van der Waals surface area contributed by atoms with Crippen LogP contribution in [-0.4, -0.2) is 77.7 Å². The first-order valence-corrected chi connectivity index (χ1v) is 9.31. The van der Waals surface area contributed by atoms with E-state index in [2.05, 4.69) is 4.98 Å². The quantitative estimate of drug-likeness (QED) is 0.756. The Morgan fingerprint density at radius 1 is 1.27 bits per heavy atom. The number of piperidine rings is 1. The fourth-order valence-electron chi connectivity index (χ4n) is 4.71. The normalized spacial score (nSPS) is 26.0. The van der Waals surface area contributed by atoms with Crippen LogP contribution < -0.4 is 0 Å². The summed E-state index contributed by atoms with van der Waals surface area (Å²) in [6, 6.07) is 5.54. The molecule has 3 fully saturated rings. The second-order valence-electron chi connectivity index (χ2n) is 7.28. The van der Waals surface area contributed by atoms with Gasteiger partial charge in [0.15, 0.2) is 6.10 Å². The van der Waals surface area contributed by atoms with Crippen molar-refractivity contribution in [1.82, 2.24) is 14.8 Å². The van der Waals surface area contributed by atoms with Gasteiger partial charge in [0.1, 0.15) is 5.69 Å². The lowest BCUT2D eigenvalue weighted by Crippen LogP contribution is -2.79. The number of carbonyl (C=O) groups is 2. The third kappa shape index (κ3) is 2.70. The number of likely N-dealkylation sites (tertiary alicyclic amines) is 2. The highest BCUT2D eigenvalue weighted by atomic mass is 16.5. The Balaban J connectivity index is 1.43. The number of hydrogen-bond acceptors (Lipinski definition) is 5. The van der Waals surface area contributed by atoms with Crippen LogP contribution in [0.4, 0.5) is 0 Å². The maximum absolute atomic E-state index is 12.7. The Kier molecular flexibility index (Phi) is 4.67. The van der Waals surface area contributed by atoms with Crippen LogP contribution in [0.1, 0.15) is 36.2 Å². The molecule has 0 saturated carbocycles. The SMILES string of the molecule is COC1C(=O)N(C2CCN(C(=O)c3ccccn3)CC2)C12CCOCC2. The van der Waals surface area contributed by atoms with Crippen LogP contribution in [0.3, 0.4) is 0 Å². The van der Waals surface area contributed by atoms with Crippen molar-refractivity contribution in [2.75, 3.05) is 33.4 Å². The number of methoxy groups -OCH3 is 1. The molecular formula is C19H25N3O4. The second kappa shape index (κ2) is 6.96. The van der Waals surface area contributed by atoms with Gasteiger partial charge in [-0.3, -0.25) is 14.6 Å². The molecule has 1 atom stereocenters. The van der Waals surface area contributed by atoms with E-state index in [9.17, 15) is 9.59 Å². The van der Waals surface area contributed by atoms with Crippen LogP contribution >= 0.6 is 0 Å². The number of pyridine rings is 1. The summed E-state index contributed by atoms with van der Waals surface area (Å²) in [7, 11) is 1.62. The van der Waals surface area contributed by atoms with Gasteiger partial charge in [-0.1, -0.05) is 6.07 Å². The van der Waals surface area contributed by atoms with E-state index >= 15 is 0 Å². The standard InChI is InChI=1S/C19H25N3O4/c1-25-16-18(24)22(19(16)7-12-26-13-8-19)14-5-10-21(11-6-14)17(23)15-4-2-3-9-20-15/h2-4,9,14,16H,5-8,10-13H2,1H3. The first-order chi connectivity index (χ1) is 12.7. The molecule has 140 valence electrons. The summed E-state index contributed by atoms with van der Waals surface area (Å²) in [5.74, 6) is 0.0541. The van der Waals surface area contributed by atoms with Gasteiger partial charge < -0.3 is 19.3 Å². The third-order valence-electron chi connectivity index (χ3n) is 6.02. The molecule has 0 N–H and O–H groups in total. The number of rotatable bonds is 3. The molecule has 4 heterocycles. The number of β-lactam (4-membered cyclic amide) rings is 1.